The van der Waals surface area contributed by atoms with E-state index in [2.05, 4.69) is 0 Å². The van der Waals surface area contributed by atoms with Gasteiger partial charge in [-0.2, -0.15) is 0 Å². The minimum absolute atomic E-state index is 0. The van der Waals surface area contributed by atoms with Gasteiger partial charge in [-0.3, -0.25) is 0 Å². The molecule has 0 aromatic carbocycles. The Labute approximate surface area is 145 Å². The third kappa shape index (κ3) is 6.61. The minimum atomic E-state index is -4.65. The molecule has 0 aromatic rings. The van der Waals surface area contributed by atoms with E-state index in [9.17, 15) is 28.3 Å². The van der Waals surface area contributed by atoms with Crippen LogP contribution < -0.4 is 29.6 Å². The van der Waals surface area contributed by atoms with Crippen molar-refractivity contribution in [2.45, 2.75) is 44.6 Å². The predicted octanol–water partition coefficient (Wildman–Crippen LogP) is -4.67. The van der Waals surface area contributed by atoms with Gasteiger partial charge in [-0.25, -0.2) is 8.42 Å². The Morgan fingerprint density at radius 3 is 2.33 bits per heavy atom. The summed E-state index contributed by atoms with van der Waals surface area (Å²) in [5.74, 6) is -1.01. The zero-order valence-corrected chi connectivity index (χ0v) is 15.0. The molecule has 3 N–H and O–H groups in total. The van der Waals surface area contributed by atoms with Crippen LogP contribution in [-0.4, -0.2) is 71.4 Å². The van der Waals surface area contributed by atoms with Gasteiger partial charge in [0.05, 0.1) is 22.5 Å². The molecule has 1 heterocycles. The van der Waals surface area contributed by atoms with Crippen LogP contribution in [0.15, 0.2) is 11.6 Å². The first-order valence-electron chi connectivity index (χ1n) is 6.02. The summed E-state index contributed by atoms with van der Waals surface area (Å²) in [5.41, 5.74) is 0.828. The van der Waals surface area contributed by atoms with Crippen LogP contribution in [0, 0.1) is 0 Å². The maximum atomic E-state index is 10.7. The SMILES string of the molecule is CC=C(C)COC1OC(CS(=O)(=O)[O-])C(O)C(O)C1O.[Na+]. The van der Waals surface area contributed by atoms with Crippen LogP contribution in [0.25, 0.3) is 0 Å². The fourth-order valence-corrected chi connectivity index (χ4v) is 2.37. The second-order valence-electron chi connectivity index (χ2n) is 4.69. The van der Waals surface area contributed by atoms with Crippen molar-refractivity contribution in [1.29, 1.82) is 0 Å². The molecule has 10 heteroatoms. The predicted molar refractivity (Wildman–Crippen MR) is 66.6 cm³/mol. The van der Waals surface area contributed by atoms with E-state index < -0.39 is 46.6 Å². The minimum Gasteiger partial charge on any atom is -0.748 e. The Balaban J connectivity index is 0.00000400. The summed E-state index contributed by atoms with van der Waals surface area (Å²) in [6.07, 6.45) is -5.90. The normalized spacial score (nSPS) is 34.4. The van der Waals surface area contributed by atoms with E-state index in [0.717, 1.165) is 5.57 Å². The quantitative estimate of drug-likeness (QED) is 0.259. The molecule has 1 aliphatic heterocycles. The van der Waals surface area contributed by atoms with E-state index in [1.54, 1.807) is 19.9 Å². The summed E-state index contributed by atoms with van der Waals surface area (Å²) >= 11 is 0. The molecule has 1 rings (SSSR count). The zero-order valence-electron chi connectivity index (χ0n) is 12.2. The molecule has 0 radical (unpaired) electrons. The molecule has 21 heavy (non-hydrogen) atoms. The molecule has 1 fully saturated rings. The number of rotatable bonds is 5. The van der Waals surface area contributed by atoms with Gasteiger partial charge in [0, 0.05) is 0 Å². The van der Waals surface area contributed by atoms with E-state index >= 15 is 0 Å². The van der Waals surface area contributed by atoms with E-state index in [-0.39, 0.29) is 36.2 Å². The molecule has 5 atom stereocenters. The van der Waals surface area contributed by atoms with Crippen molar-refractivity contribution in [2.24, 2.45) is 0 Å². The van der Waals surface area contributed by atoms with Crippen LogP contribution in [0.1, 0.15) is 13.8 Å². The van der Waals surface area contributed by atoms with Crippen LogP contribution in [0.5, 0.6) is 0 Å². The van der Waals surface area contributed by atoms with E-state index in [1.165, 1.54) is 0 Å². The molecule has 0 saturated carbocycles. The molecular weight excluding hydrogens is 315 g/mol. The fourth-order valence-electron chi connectivity index (χ4n) is 1.69. The van der Waals surface area contributed by atoms with Crippen LogP contribution in [0.4, 0.5) is 0 Å². The first-order chi connectivity index (χ1) is 9.15. The molecule has 0 spiro atoms. The summed E-state index contributed by atoms with van der Waals surface area (Å²) < 4.78 is 42.4. The number of aliphatic hydroxyl groups is 3. The maximum absolute atomic E-state index is 10.7. The maximum Gasteiger partial charge on any atom is 1.00 e. The van der Waals surface area contributed by atoms with E-state index in [1.807, 2.05) is 0 Å². The second kappa shape index (κ2) is 8.92. The van der Waals surface area contributed by atoms with Crippen molar-refractivity contribution in [1.82, 2.24) is 0 Å². The molecule has 5 unspecified atom stereocenters. The summed E-state index contributed by atoms with van der Waals surface area (Å²) in [7, 11) is -4.65. The Bertz CT molecular complexity index is 451. The van der Waals surface area contributed by atoms with Gasteiger partial charge in [0.2, 0.25) is 0 Å². The van der Waals surface area contributed by atoms with Gasteiger partial charge in [-0.05, 0) is 13.8 Å². The van der Waals surface area contributed by atoms with Crippen molar-refractivity contribution in [3.8, 4) is 0 Å². The molecule has 0 amide bonds. The first kappa shape index (κ1) is 21.4. The fraction of sp³-hybridized carbons (Fsp3) is 0.818. The van der Waals surface area contributed by atoms with Crippen LogP contribution in [-0.2, 0) is 19.6 Å². The van der Waals surface area contributed by atoms with Gasteiger partial charge in [-0.15, -0.1) is 0 Å². The molecule has 0 aliphatic carbocycles. The van der Waals surface area contributed by atoms with Crippen LogP contribution >= 0.6 is 0 Å². The van der Waals surface area contributed by atoms with Gasteiger partial charge in [0.25, 0.3) is 0 Å². The van der Waals surface area contributed by atoms with Crippen molar-refractivity contribution in [3.05, 3.63) is 11.6 Å². The van der Waals surface area contributed by atoms with Gasteiger partial charge >= 0.3 is 29.6 Å². The zero-order chi connectivity index (χ0) is 15.5. The molecule has 0 aromatic heterocycles. The number of allylic oxidation sites excluding steroid dienone is 1. The van der Waals surface area contributed by atoms with Crippen molar-refractivity contribution in [2.75, 3.05) is 12.4 Å². The number of hydrogen-bond donors (Lipinski definition) is 3. The van der Waals surface area contributed by atoms with Gasteiger partial charge in [-0.1, -0.05) is 11.6 Å². The smallest absolute Gasteiger partial charge is 0.748 e. The molecule has 1 saturated heterocycles. The van der Waals surface area contributed by atoms with Gasteiger partial charge in [0.15, 0.2) is 6.29 Å². The Kier molecular flexibility index (Phi) is 9.11. The monoisotopic (exact) mass is 334 g/mol. The molecule has 118 valence electrons. The average molecular weight is 334 g/mol. The summed E-state index contributed by atoms with van der Waals surface area (Å²) in [6, 6.07) is 0. The average Bonchev–Trinajstić information content (AvgIpc) is 2.36. The first-order valence-corrected chi connectivity index (χ1v) is 7.60. The second-order valence-corrected chi connectivity index (χ2v) is 6.13. The van der Waals surface area contributed by atoms with Crippen molar-refractivity contribution < 1.29 is 67.3 Å². The largest absolute Gasteiger partial charge is 1.00 e. The van der Waals surface area contributed by atoms with E-state index in [4.69, 9.17) is 9.47 Å². The Morgan fingerprint density at radius 2 is 1.86 bits per heavy atom. The number of hydrogen-bond acceptors (Lipinski definition) is 8. The van der Waals surface area contributed by atoms with E-state index in [0.29, 0.717) is 0 Å². The number of ether oxygens (including phenoxy) is 2. The molecule has 8 nitrogen and oxygen atoms in total. The topological polar surface area (TPSA) is 136 Å². The molecular formula is C11H19NaO8S. The number of aliphatic hydroxyl groups excluding tert-OH is 3. The van der Waals surface area contributed by atoms with Crippen molar-refractivity contribution >= 4 is 10.1 Å². The standard InChI is InChI=1S/C11H20O8S.Na/c1-3-6(2)4-18-11-10(14)9(13)8(12)7(19-11)5-20(15,16)17;/h3,7-14H,4-5H2,1-2H3,(H,15,16,17);/q;+1/p-1. The van der Waals surface area contributed by atoms with Crippen molar-refractivity contribution in [3.63, 3.8) is 0 Å². The Morgan fingerprint density at radius 1 is 1.29 bits per heavy atom. The molecule has 1 aliphatic rings. The Hall–Kier alpha value is 0.450. The van der Waals surface area contributed by atoms with Crippen LogP contribution in [0.2, 0.25) is 0 Å². The van der Waals surface area contributed by atoms with Crippen LogP contribution in [0.3, 0.4) is 0 Å². The third-order valence-corrected chi connectivity index (χ3v) is 3.74. The summed E-state index contributed by atoms with van der Waals surface area (Å²) in [4.78, 5) is 0. The molecule has 0 bridgehead atoms. The third-order valence-electron chi connectivity index (χ3n) is 3.00. The summed E-state index contributed by atoms with van der Waals surface area (Å²) in [5, 5.41) is 28.9. The summed E-state index contributed by atoms with van der Waals surface area (Å²) in [6.45, 7) is 3.64. The van der Waals surface area contributed by atoms with Gasteiger partial charge < -0.3 is 29.3 Å². The van der Waals surface area contributed by atoms with Gasteiger partial charge in [0.1, 0.15) is 24.4 Å².